The van der Waals surface area contributed by atoms with Gasteiger partial charge in [0.05, 0.1) is 0 Å². The molecule has 0 bridgehead atoms. The van der Waals surface area contributed by atoms with Crippen LogP contribution in [0.25, 0.3) is 6.08 Å². The molecule has 0 amide bonds. The van der Waals surface area contributed by atoms with Gasteiger partial charge in [-0.3, -0.25) is 0 Å². The van der Waals surface area contributed by atoms with Crippen molar-refractivity contribution in [3.63, 3.8) is 0 Å². The molecular weight excluding hydrogens is 224 g/mol. The van der Waals surface area contributed by atoms with Gasteiger partial charge in [0.15, 0.2) is 0 Å². The van der Waals surface area contributed by atoms with Gasteiger partial charge in [0, 0.05) is 9.90 Å². The Balaban J connectivity index is 2.18. The molecule has 2 rings (SSSR count). The zero-order valence-corrected chi connectivity index (χ0v) is 9.81. The normalized spacial score (nSPS) is 10.2. The molecule has 0 nitrogen and oxygen atoms in total. The summed E-state index contributed by atoms with van der Waals surface area (Å²) in [6.07, 6.45) is 2.82. The van der Waals surface area contributed by atoms with E-state index in [2.05, 4.69) is 24.1 Å². The Morgan fingerprint density at radius 3 is 2.80 bits per heavy atom. The number of hydrogen-bond acceptors (Lipinski definition) is 1. The molecule has 15 heavy (non-hydrogen) atoms. The second-order valence-corrected chi connectivity index (χ2v) is 4.75. The summed E-state index contributed by atoms with van der Waals surface area (Å²) in [7, 11) is 0. The predicted octanol–water partition coefficient (Wildman–Crippen LogP) is 4.64. The van der Waals surface area contributed by atoms with Crippen molar-refractivity contribution in [2.75, 3.05) is 0 Å². The average molecular weight is 235 g/mol. The largest absolute Gasteiger partial charge is 0.144 e. The van der Waals surface area contributed by atoms with Gasteiger partial charge in [0.25, 0.3) is 0 Å². The van der Waals surface area contributed by atoms with Crippen LogP contribution in [0.4, 0.5) is 0 Å². The minimum absolute atomic E-state index is 0.798. The second kappa shape index (κ2) is 4.65. The van der Waals surface area contributed by atoms with E-state index in [-0.39, 0.29) is 0 Å². The number of rotatable bonds is 3. The summed E-state index contributed by atoms with van der Waals surface area (Å²) in [5.74, 6) is 0. The van der Waals surface area contributed by atoms with Crippen LogP contribution in [0.15, 0.2) is 42.3 Å². The van der Waals surface area contributed by atoms with E-state index in [4.69, 9.17) is 11.6 Å². The molecule has 0 aliphatic rings. The maximum atomic E-state index is 5.93. The first kappa shape index (κ1) is 10.5. The molecule has 0 fully saturated rings. The number of halogens is 1. The van der Waals surface area contributed by atoms with Gasteiger partial charge >= 0.3 is 0 Å². The van der Waals surface area contributed by atoms with Gasteiger partial charge in [-0.25, -0.2) is 0 Å². The first-order valence-corrected chi connectivity index (χ1v) is 5.98. The maximum absolute atomic E-state index is 5.93. The Morgan fingerprint density at radius 1 is 1.27 bits per heavy atom. The highest BCUT2D eigenvalue weighted by Crippen LogP contribution is 2.20. The third-order valence-electron chi connectivity index (χ3n) is 2.17. The van der Waals surface area contributed by atoms with Crippen LogP contribution in [0.3, 0.4) is 0 Å². The van der Waals surface area contributed by atoms with Crippen LogP contribution >= 0.6 is 22.9 Å². The lowest BCUT2D eigenvalue weighted by Crippen LogP contribution is -1.84. The summed E-state index contributed by atoms with van der Waals surface area (Å²) in [5, 5.41) is 2.96. The fourth-order valence-electron chi connectivity index (χ4n) is 1.48. The minimum Gasteiger partial charge on any atom is -0.144 e. The summed E-state index contributed by atoms with van der Waals surface area (Å²) >= 11 is 7.65. The summed E-state index contributed by atoms with van der Waals surface area (Å²) in [6, 6.07) is 10.1. The summed E-state index contributed by atoms with van der Waals surface area (Å²) in [5.41, 5.74) is 2.56. The molecule has 0 aliphatic carbocycles. The van der Waals surface area contributed by atoms with Gasteiger partial charge in [-0.2, -0.15) is 0 Å². The molecule has 2 aromatic rings. The van der Waals surface area contributed by atoms with Gasteiger partial charge in [-0.15, -0.1) is 11.3 Å². The molecule has 0 atom stereocenters. The van der Waals surface area contributed by atoms with E-state index in [1.807, 2.05) is 24.3 Å². The second-order valence-electron chi connectivity index (χ2n) is 3.37. The molecular formula is C13H11ClS. The topological polar surface area (TPSA) is 0 Å². The van der Waals surface area contributed by atoms with Crippen LogP contribution in [0.1, 0.15) is 16.0 Å². The highest BCUT2D eigenvalue weighted by Gasteiger charge is 1.99. The monoisotopic (exact) mass is 234 g/mol. The molecule has 0 aliphatic heterocycles. The molecule has 1 heterocycles. The first-order valence-electron chi connectivity index (χ1n) is 4.72. The lowest BCUT2D eigenvalue weighted by atomic mass is 10.1. The van der Waals surface area contributed by atoms with Crippen molar-refractivity contribution < 1.29 is 0 Å². The quantitative estimate of drug-likeness (QED) is 0.726. The van der Waals surface area contributed by atoms with Crippen LogP contribution in [-0.2, 0) is 6.42 Å². The van der Waals surface area contributed by atoms with Gasteiger partial charge in [0.1, 0.15) is 0 Å². The molecule has 0 spiro atoms. The lowest BCUT2D eigenvalue weighted by molar-refractivity contribution is 1.21. The van der Waals surface area contributed by atoms with Crippen molar-refractivity contribution in [2.45, 2.75) is 6.42 Å². The predicted molar refractivity (Wildman–Crippen MR) is 68.7 cm³/mol. The summed E-state index contributed by atoms with van der Waals surface area (Å²) in [6.45, 7) is 3.75. The standard InChI is InChI=1S/C13H11ClS/c1-2-13-8-11(9-15-13)6-10-4-3-5-12(14)7-10/h2-5,7-9H,1,6H2. The van der Waals surface area contributed by atoms with Crippen LogP contribution in [0, 0.1) is 0 Å². The van der Waals surface area contributed by atoms with Crippen molar-refractivity contribution in [1.29, 1.82) is 0 Å². The Bertz CT molecular complexity index is 471. The van der Waals surface area contributed by atoms with Crippen molar-refractivity contribution in [1.82, 2.24) is 0 Å². The highest BCUT2D eigenvalue weighted by atomic mass is 35.5. The van der Waals surface area contributed by atoms with E-state index < -0.39 is 0 Å². The Kier molecular flexibility index (Phi) is 3.24. The van der Waals surface area contributed by atoms with Gasteiger partial charge in [-0.05, 0) is 41.1 Å². The number of benzene rings is 1. The fraction of sp³-hybridized carbons (Fsp3) is 0.0769. The molecule has 0 N–H and O–H groups in total. The number of hydrogen-bond donors (Lipinski definition) is 0. The van der Waals surface area contributed by atoms with E-state index in [9.17, 15) is 0 Å². The van der Waals surface area contributed by atoms with Crippen molar-refractivity contribution in [3.8, 4) is 0 Å². The van der Waals surface area contributed by atoms with E-state index in [0.717, 1.165) is 11.4 Å². The third kappa shape index (κ3) is 2.71. The molecule has 76 valence electrons. The number of thiophene rings is 1. The highest BCUT2D eigenvalue weighted by molar-refractivity contribution is 7.11. The smallest absolute Gasteiger partial charge is 0.0408 e. The molecule has 2 heteroatoms. The zero-order chi connectivity index (χ0) is 10.7. The van der Waals surface area contributed by atoms with Crippen LogP contribution in [0.5, 0.6) is 0 Å². The van der Waals surface area contributed by atoms with Crippen molar-refractivity contribution >= 4 is 29.0 Å². The van der Waals surface area contributed by atoms with Gasteiger partial charge in [0.2, 0.25) is 0 Å². The SMILES string of the molecule is C=Cc1cc(Cc2cccc(Cl)c2)cs1. The summed E-state index contributed by atoms with van der Waals surface area (Å²) in [4.78, 5) is 1.21. The van der Waals surface area contributed by atoms with Crippen LogP contribution < -0.4 is 0 Å². The fourth-order valence-corrected chi connectivity index (χ4v) is 2.44. The Morgan fingerprint density at radius 2 is 2.13 bits per heavy atom. The average Bonchev–Trinajstić information content (AvgIpc) is 2.65. The molecule has 1 aromatic heterocycles. The maximum Gasteiger partial charge on any atom is 0.0408 e. The first-order chi connectivity index (χ1) is 7.28. The zero-order valence-electron chi connectivity index (χ0n) is 8.24. The van der Waals surface area contributed by atoms with Gasteiger partial charge in [-0.1, -0.05) is 36.4 Å². The molecule has 0 saturated heterocycles. The Labute approximate surface area is 98.8 Å². The van der Waals surface area contributed by atoms with E-state index >= 15 is 0 Å². The Hall–Kier alpha value is -1.05. The van der Waals surface area contributed by atoms with E-state index in [0.29, 0.717) is 0 Å². The summed E-state index contributed by atoms with van der Waals surface area (Å²) < 4.78 is 0. The van der Waals surface area contributed by atoms with E-state index in [1.165, 1.54) is 16.0 Å². The lowest BCUT2D eigenvalue weighted by Gasteiger charge is -1.98. The molecule has 1 aromatic carbocycles. The van der Waals surface area contributed by atoms with Crippen LogP contribution in [0.2, 0.25) is 5.02 Å². The van der Waals surface area contributed by atoms with E-state index in [1.54, 1.807) is 11.3 Å². The molecule has 0 unspecified atom stereocenters. The third-order valence-corrected chi connectivity index (χ3v) is 3.38. The van der Waals surface area contributed by atoms with Crippen molar-refractivity contribution in [2.24, 2.45) is 0 Å². The van der Waals surface area contributed by atoms with Gasteiger partial charge < -0.3 is 0 Å². The van der Waals surface area contributed by atoms with Crippen molar-refractivity contribution in [3.05, 3.63) is 63.3 Å². The molecule has 0 saturated carbocycles. The minimum atomic E-state index is 0.798. The molecule has 0 radical (unpaired) electrons. The van der Waals surface area contributed by atoms with Crippen LogP contribution in [-0.4, -0.2) is 0 Å².